The van der Waals surface area contributed by atoms with Gasteiger partial charge in [-0.25, -0.2) is 0 Å². The second-order valence-electron chi connectivity index (χ2n) is 5.66. The van der Waals surface area contributed by atoms with Gasteiger partial charge in [-0.05, 0) is 30.5 Å². The van der Waals surface area contributed by atoms with Gasteiger partial charge >= 0.3 is 0 Å². The van der Waals surface area contributed by atoms with Gasteiger partial charge in [0.2, 0.25) is 0 Å². The molecule has 5 heteroatoms. The van der Waals surface area contributed by atoms with E-state index in [2.05, 4.69) is 5.32 Å². The van der Waals surface area contributed by atoms with Crippen LogP contribution in [0.4, 0.5) is 0 Å². The third-order valence-corrected chi connectivity index (χ3v) is 4.77. The average Bonchev–Trinajstić information content (AvgIpc) is 3.15. The molecule has 0 spiro atoms. The van der Waals surface area contributed by atoms with Crippen LogP contribution in [0.1, 0.15) is 12.7 Å². The zero-order valence-corrected chi connectivity index (χ0v) is 14.9. The van der Waals surface area contributed by atoms with E-state index in [9.17, 15) is 4.79 Å². The number of fused-ring (bicyclic) bond motifs is 1. The highest BCUT2D eigenvalue weighted by molar-refractivity contribution is 7.98. The van der Waals surface area contributed by atoms with Gasteiger partial charge in [0, 0.05) is 17.7 Å². The lowest BCUT2D eigenvalue weighted by Gasteiger charge is -2.16. The summed E-state index contributed by atoms with van der Waals surface area (Å²) in [4.78, 5) is 12.2. The molecule has 1 N–H and O–H groups in total. The lowest BCUT2D eigenvalue weighted by molar-refractivity contribution is -0.127. The third kappa shape index (κ3) is 4.79. The van der Waals surface area contributed by atoms with Crippen LogP contribution in [0.5, 0.6) is 5.75 Å². The molecule has 1 amide bonds. The van der Waals surface area contributed by atoms with Crippen LogP contribution in [0, 0.1) is 0 Å². The van der Waals surface area contributed by atoms with Gasteiger partial charge in [-0.15, -0.1) is 0 Å². The van der Waals surface area contributed by atoms with Crippen molar-refractivity contribution in [2.45, 2.75) is 18.8 Å². The lowest BCUT2D eigenvalue weighted by atomic mass is 10.1. The van der Waals surface area contributed by atoms with Crippen molar-refractivity contribution < 1.29 is 13.9 Å². The number of nitrogens with one attached hydrogen (secondary N) is 1. The molecule has 0 fully saturated rings. The van der Waals surface area contributed by atoms with E-state index in [0.717, 1.165) is 33.8 Å². The van der Waals surface area contributed by atoms with E-state index in [4.69, 9.17) is 9.15 Å². The van der Waals surface area contributed by atoms with Crippen molar-refractivity contribution in [2.75, 3.05) is 12.3 Å². The minimum absolute atomic E-state index is 0.105. The Balaban J connectivity index is 1.45. The average molecular weight is 355 g/mol. The van der Waals surface area contributed by atoms with Crippen LogP contribution in [0.3, 0.4) is 0 Å². The van der Waals surface area contributed by atoms with Crippen molar-refractivity contribution in [1.29, 1.82) is 0 Å². The number of thioether (sulfide) groups is 1. The number of amides is 1. The highest BCUT2D eigenvalue weighted by Crippen LogP contribution is 2.26. The number of benzene rings is 2. The first-order chi connectivity index (χ1) is 12.2. The fourth-order valence-electron chi connectivity index (χ4n) is 2.50. The maximum Gasteiger partial charge on any atom is 0.260 e. The molecule has 3 aromatic rings. The molecule has 2 aromatic carbocycles. The van der Waals surface area contributed by atoms with E-state index in [1.807, 2.05) is 54.6 Å². The maximum absolute atomic E-state index is 12.2. The normalized spacial score (nSPS) is 12.0. The molecular weight excluding hydrogens is 334 g/mol. The first kappa shape index (κ1) is 17.4. The predicted octanol–water partition coefficient (Wildman–Crippen LogP) is 4.25. The number of hydrogen-bond acceptors (Lipinski definition) is 4. The Labute approximate surface area is 151 Å². The van der Waals surface area contributed by atoms with Crippen molar-refractivity contribution in [3.63, 3.8) is 0 Å². The van der Waals surface area contributed by atoms with Crippen LogP contribution in [0.15, 0.2) is 65.3 Å². The highest BCUT2D eigenvalue weighted by atomic mass is 32.2. The predicted molar refractivity (Wildman–Crippen MR) is 102 cm³/mol. The number of furan rings is 1. The van der Waals surface area contributed by atoms with Crippen LogP contribution in [-0.4, -0.2) is 24.3 Å². The molecule has 0 bridgehead atoms. The summed E-state index contributed by atoms with van der Waals surface area (Å²) in [6, 6.07) is 17.7. The topological polar surface area (TPSA) is 51.5 Å². The molecule has 3 rings (SSSR count). The number of carbonyl (C=O) groups is 1. The Morgan fingerprint density at radius 2 is 2.00 bits per heavy atom. The molecule has 0 unspecified atom stereocenters. The Morgan fingerprint density at radius 1 is 1.16 bits per heavy atom. The maximum atomic E-state index is 12.2. The van der Waals surface area contributed by atoms with Crippen molar-refractivity contribution in [3.8, 4) is 5.75 Å². The minimum Gasteiger partial charge on any atom is -0.480 e. The molecule has 1 aromatic heterocycles. The molecule has 1 heterocycles. The molecule has 1 atom stereocenters. The van der Waals surface area contributed by atoms with Crippen LogP contribution >= 0.6 is 11.8 Å². The molecule has 0 radical (unpaired) electrons. The van der Waals surface area contributed by atoms with Crippen molar-refractivity contribution in [1.82, 2.24) is 5.32 Å². The van der Waals surface area contributed by atoms with E-state index in [1.54, 1.807) is 24.9 Å². The quantitative estimate of drug-likeness (QED) is 0.614. The Bertz CT molecular complexity index is 811. The van der Waals surface area contributed by atoms with E-state index in [0.29, 0.717) is 6.54 Å². The second-order valence-corrected chi connectivity index (χ2v) is 6.77. The van der Waals surface area contributed by atoms with Gasteiger partial charge in [-0.1, -0.05) is 36.4 Å². The number of rotatable bonds is 8. The van der Waals surface area contributed by atoms with Crippen molar-refractivity contribution >= 4 is 28.4 Å². The summed E-state index contributed by atoms with van der Waals surface area (Å²) < 4.78 is 11.1. The van der Waals surface area contributed by atoms with Crippen molar-refractivity contribution in [3.05, 3.63) is 66.6 Å². The van der Waals surface area contributed by atoms with Crippen LogP contribution in [0.2, 0.25) is 0 Å². The molecule has 0 saturated carbocycles. The summed E-state index contributed by atoms with van der Waals surface area (Å²) in [6.45, 7) is 2.38. The standard InChI is InChI=1S/C20H21NO3S/c1-15(20(22)21-11-13-25-14-17-8-5-12-23-17)24-19-10-4-7-16-6-2-3-9-18(16)19/h2-10,12,15H,11,13-14H2,1H3,(H,21,22)/t15-/m0/s1. The fourth-order valence-corrected chi connectivity index (χ4v) is 3.26. The summed E-state index contributed by atoms with van der Waals surface area (Å²) in [6.07, 6.45) is 1.13. The van der Waals surface area contributed by atoms with Crippen LogP contribution in [0.25, 0.3) is 10.8 Å². The summed E-state index contributed by atoms with van der Waals surface area (Å²) in [5.41, 5.74) is 0. The Kier molecular flexibility index (Phi) is 6.01. The first-order valence-electron chi connectivity index (χ1n) is 8.26. The molecule has 4 nitrogen and oxygen atoms in total. The second kappa shape index (κ2) is 8.62. The lowest BCUT2D eigenvalue weighted by Crippen LogP contribution is -2.37. The monoisotopic (exact) mass is 355 g/mol. The molecular formula is C20H21NO3S. The van der Waals surface area contributed by atoms with E-state index < -0.39 is 6.10 Å². The summed E-state index contributed by atoms with van der Waals surface area (Å²) in [5.74, 6) is 3.21. The molecule has 25 heavy (non-hydrogen) atoms. The largest absolute Gasteiger partial charge is 0.480 e. The minimum atomic E-state index is -0.541. The number of ether oxygens (including phenoxy) is 1. The smallest absolute Gasteiger partial charge is 0.260 e. The van der Waals surface area contributed by atoms with Gasteiger partial charge in [0.1, 0.15) is 11.5 Å². The number of carbonyl (C=O) groups excluding carboxylic acids is 1. The molecule has 0 aliphatic rings. The van der Waals surface area contributed by atoms with Gasteiger partial charge in [-0.2, -0.15) is 11.8 Å². The van der Waals surface area contributed by atoms with Gasteiger partial charge in [-0.3, -0.25) is 4.79 Å². The van der Waals surface area contributed by atoms with Gasteiger partial charge in [0.05, 0.1) is 12.0 Å². The Hall–Kier alpha value is -2.40. The van der Waals surface area contributed by atoms with E-state index >= 15 is 0 Å². The molecule has 0 aliphatic carbocycles. The van der Waals surface area contributed by atoms with E-state index in [-0.39, 0.29) is 5.91 Å². The summed E-state index contributed by atoms with van der Waals surface area (Å²) in [5, 5.41) is 5.03. The highest BCUT2D eigenvalue weighted by Gasteiger charge is 2.15. The first-order valence-corrected chi connectivity index (χ1v) is 9.42. The fraction of sp³-hybridized carbons (Fsp3) is 0.250. The van der Waals surface area contributed by atoms with Crippen molar-refractivity contribution in [2.24, 2.45) is 0 Å². The van der Waals surface area contributed by atoms with Gasteiger partial charge in [0.25, 0.3) is 5.91 Å². The third-order valence-electron chi connectivity index (χ3n) is 3.79. The molecule has 130 valence electrons. The van der Waals surface area contributed by atoms with Gasteiger partial charge < -0.3 is 14.5 Å². The summed E-state index contributed by atoms with van der Waals surface area (Å²) in [7, 11) is 0. The SMILES string of the molecule is C[C@H](Oc1cccc2ccccc12)C(=O)NCCSCc1ccco1. The molecule has 0 saturated heterocycles. The zero-order valence-electron chi connectivity index (χ0n) is 14.1. The van der Waals surface area contributed by atoms with Gasteiger partial charge in [0.15, 0.2) is 6.10 Å². The van der Waals surface area contributed by atoms with E-state index in [1.165, 1.54) is 0 Å². The summed E-state index contributed by atoms with van der Waals surface area (Å²) >= 11 is 1.72. The Morgan fingerprint density at radius 3 is 2.84 bits per heavy atom. The zero-order chi connectivity index (χ0) is 17.5. The van der Waals surface area contributed by atoms with Crippen LogP contribution in [-0.2, 0) is 10.5 Å². The van der Waals surface area contributed by atoms with Crippen LogP contribution < -0.4 is 10.1 Å². The molecule has 0 aliphatic heterocycles. The number of hydrogen-bond donors (Lipinski definition) is 1.